The van der Waals surface area contributed by atoms with Gasteiger partial charge in [-0.05, 0) is 37.3 Å². The van der Waals surface area contributed by atoms with Crippen molar-refractivity contribution in [1.29, 1.82) is 0 Å². The fourth-order valence-electron chi connectivity index (χ4n) is 2.01. The van der Waals surface area contributed by atoms with Gasteiger partial charge in [0.2, 0.25) is 0 Å². The normalized spacial score (nSPS) is 10.3. The van der Waals surface area contributed by atoms with E-state index in [9.17, 15) is 0 Å². The maximum Gasteiger partial charge on any atom is 0.142 e. The van der Waals surface area contributed by atoms with Crippen LogP contribution in [0.5, 0.6) is 11.5 Å². The van der Waals surface area contributed by atoms with Crippen molar-refractivity contribution in [2.24, 2.45) is 0 Å². The lowest BCUT2D eigenvalue weighted by Gasteiger charge is -2.15. The Hall–Kier alpha value is -1.58. The minimum absolute atomic E-state index is 0.517. The molecule has 2 rings (SSSR count). The Morgan fingerprint density at radius 2 is 1.90 bits per heavy atom. The number of anilines is 1. The molecule has 0 aliphatic rings. The molecule has 2 aromatic rings. The molecule has 3 nitrogen and oxygen atoms in total. The molecule has 0 amide bonds. The minimum Gasteiger partial charge on any atom is -0.496 e. The summed E-state index contributed by atoms with van der Waals surface area (Å²) < 4.78 is 10.9. The molecule has 0 radical (unpaired) electrons. The maximum atomic E-state index is 6.23. The van der Waals surface area contributed by atoms with Crippen molar-refractivity contribution in [2.45, 2.75) is 13.5 Å². The number of hydrogen-bond acceptors (Lipinski definition) is 3. The summed E-state index contributed by atoms with van der Waals surface area (Å²) in [5.41, 5.74) is 1.72. The fraction of sp³-hybridized carbons (Fsp3) is 0.250. The topological polar surface area (TPSA) is 30.5 Å². The van der Waals surface area contributed by atoms with E-state index >= 15 is 0 Å². The van der Waals surface area contributed by atoms with Crippen molar-refractivity contribution in [3.63, 3.8) is 0 Å². The number of hydrogen-bond donors (Lipinski definition) is 1. The fourth-order valence-corrected chi connectivity index (χ4v) is 2.41. The molecule has 0 aliphatic heterocycles. The third-order valence-electron chi connectivity index (χ3n) is 2.99. The van der Waals surface area contributed by atoms with E-state index in [0.29, 0.717) is 23.2 Å². The monoisotopic (exact) mass is 325 g/mol. The van der Waals surface area contributed by atoms with E-state index in [1.54, 1.807) is 13.2 Å². The van der Waals surface area contributed by atoms with Gasteiger partial charge in [0, 0.05) is 22.2 Å². The summed E-state index contributed by atoms with van der Waals surface area (Å²) in [6.07, 6.45) is 0. The number of nitrogens with one attached hydrogen (secondary N) is 1. The van der Waals surface area contributed by atoms with Crippen LogP contribution in [-0.4, -0.2) is 13.7 Å². The summed E-state index contributed by atoms with van der Waals surface area (Å²) >= 11 is 12.3. The quantitative estimate of drug-likeness (QED) is 0.809. The Morgan fingerprint density at radius 3 is 2.62 bits per heavy atom. The Labute approximate surface area is 134 Å². The zero-order valence-corrected chi connectivity index (χ0v) is 13.5. The summed E-state index contributed by atoms with van der Waals surface area (Å²) in [5.74, 6) is 1.50. The molecule has 0 spiro atoms. The van der Waals surface area contributed by atoms with Crippen molar-refractivity contribution in [2.75, 3.05) is 19.0 Å². The summed E-state index contributed by atoms with van der Waals surface area (Å²) in [6, 6.07) is 11.0. The molecule has 0 bridgehead atoms. The van der Waals surface area contributed by atoms with Gasteiger partial charge in [-0.15, -0.1) is 0 Å². The standard InChI is InChI=1S/C16H17Cl2NO2/c1-3-21-16-8-7-11(17)9-14(16)19-10-12-13(18)5-4-6-15(12)20-2/h4-9,19H,3,10H2,1-2H3. The molecule has 0 atom stereocenters. The van der Waals surface area contributed by atoms with Gasteiger partial charge in [-0.1, -0.05) is 29.3 Å². The van der Waals surface area contributed by atoms with E-state index in [2.05, 4.69) is 5.32 Å². The molecule has 0 heterocycles. The minimum atomic E-state index is 0.517. The summed E-state index contributed by atoms with van der Waals surface area (Å²) in [5, 5.41) is 4.60. The molecule has 1 N–H and O–H groups in total. The molecule has 0 saturated heterocycles. The lowest BCUT2D eigenvalue weighted by molar-refractivity contribution is 0.341. The van der Waals surface area contributed by atoms with Crippen molar-refractivity contribution in [1.82, 2.24) is 0 Å². The zero-order valence-electron chi connectivity index (χ0n) is 12.0. The van der Waals surface area contributed by atoms with Crippen LogP contribution >= 0.6 is 23.2 Å². The molecule has 0 fully saturated rings. The van der Waals surface area contributed by atoms with Gasteiger partial charge in [-0.25, -0.2) is 0 Å². The molecule has 0 aromatic heterocycles. The van der Waals surface area contributed by atoms with Crippen LogP contribution < -0.4 is 14.8 Å². The smallest absolute Gasteiger partial charge is 0.142 e. The van der Waals surface area contributed by atoms with Crippen molar-refractivity contribution >= 4 is 28.9 Å². The summed E-state index contributed by atoms with van der Waals surface area (Å²) in [7, 11) is 1.63. The van der Waals surface area contributed by atoms with E-state index < -0.39 is 0 Å². The van der Waals surface area contributed by atoms with Crippen LogP contribution in [0.25, 0.3) is 0 Å². The number of benzene rings is 2. The van der Waals surface area contributed by atoms with Gasteiger partial charge in [0.25, 0.3) is 0 Å². The van der Waals surface area contributed by atoms with Gasteiger partial charge < -0.3 is 14.8 Å². The van der Waals surface area contributed by atoms with Crippen LogP contribution in [0.4, 0.5) is 5.69 Å². The molecule has 5 heteroatoms. The van der Waals surface area contributed by atoms with Crippen LogP contribution in [0.15, 0.2) is 36.4 Å². The van der Waals surface area contributed by atoms with E-state index in [4.69, 9.17) is 32.7 Å². The van der Waals surface area contributed by atoms with Crippen LogP contribution in [0.3, 0.4) is 0 Å². The van der Waals surface area contributed by atoms with E-state index in [0.717, 1.165) is 22.7 Å². The highest BCUT2D eigenvalue weighted by Crippen LogP contribution is 2.31. The van der Waals surface area contributed by atoms with Gasteiger partial charge in [0.05, 0.1) is 19.4 Å². The molecule has 0 saturated carbocycles. The number of ether oxygens (including phenoxy) is 2. The highest BCUT2D eigenvalue weighted by atomic mass is 35.5. The maximum absolute atomic E-state index is 6.23. The Balaban J connectivity index is 2.22. The van der Waals surface area contributed by atoms with Crippen molar-refractivity contribution in [3.8, 4) is 11.5 Å². The van der Waals surface area contributed by atoms with Gasteiger partial charge in [-0.2, -0.15) is 0 Å². The summed E-state index contributed by atoms with van der Waals surface area (Å²) in [4.78, 5) is 0. The largest absolute Gasteiger partial charge is 0.496 e. The Kier molecular flexibility index (Phi) is 5.59. The van der Waals surface area contributed by atoms with E-state index in [-0.39, 0.29) is 0 Å². The average molecular weight is 326 g/mol. The summed E-state index contributed by atoms with van der Waals surface area (Å²) in [6.45, 7) is 3.05. The molecule has 0 aliphatic carbocycles. The van der Waals surface area contributed by atoms with Crippen LogP contribution in [0.1, 0.15) is 12.5 Å². The number of halogens is 2. The predicted molar refractivity (Wildman–Crippen MR) is 88.0 cm³/mol. The average Bonchev–Trinajstić information content (AvgIpc) is 2.48. The van der Waals surface area contributed by atoms with Gasteiger partial charge in [0.15, 0.2) is 0 Å². The second kappa shape index (κ2) is 7.43. The molecule has 112 valence electrons. The molecular formula is C16H17Cl2NO2. The first-order valence-corrected chi connectivity index (χ1v) is 7.39. The SMILES string of the molecule is CCOc1ccc(Cl)cc1NCc1c(Cl)cccc1OC. The van der Waals surface area contributed by atoms with E-state index in [1.165, 1.54) is 0 Å². The van der Waals surface area contributed by atoms with E-state index in [1.807, 2.05) is 37.3 Å². The Bertz CT molecular complexity index is 617. The predicted octanol–water partition coefficient (Wildman–Crippen LogP) is 5.01. The van der Waals surface area contributed by atoms with Crippen LogP contribution in [0.2, 0.25) is 10.0 Å². The molecule has 2 aromatic carbocycles. The highest BCUT2D eigenvalue weighted by Gasteiger charge is 2.09. The van der Waals surface area contributed by atoms with Gasteiger partial charge in [0.1, 0.15) is 11.5 Å². The Morgan fingerprint density at radius 1 is 1.10 bits per heavy atom. The van der Waals surface area contributed by atoms with Gasteiger partial charge >= 0.3 is 0 Å². The molecule has 0 unspecified atom stereocenters. The molecular weight excluding hydrogens is 309 g/mol. The highest BCUT2D eigenvalue weighted by molar-refractivity contribution is 6.31. The van der Waals surface area contributed by atoms with Crippen LogP contribution in [0, 0.1) is 0 Å². The number of rotatable bonds is 6. The molecule has 21 heavy (non-hydrogen) atoms. The lowest BCUT2D eigenvalue weighted by atomic mass is 10.2. The van der Waals surface area contributed by atoms with Crippen molar-refractivity contribution < 1.29 is 9.47 Å². The van der Waals surface area contributed by atoms with Crippen LogP contribution in [-0.2, 0) is 6.54 Å². The second-order valence-corrected chi connectivity index (χ2v) is 5.19. The second-order valence-electron chi connectivity index (χ2n) is 4.35. The first kappa shape index (κ1) is 15.8. The lowest BCUT2D eigenvalue weighted by Crippen LogP contribution is -2.04. The van der Waals surface area contributed by atoms with Gasteiger partial charge in [-0.3, -0.25) is 0 Å². The third kappa shape index (κ3) is 3.96. The first-order valence-electron chi connectivity index (χ1n) is 6.63. The van der Waals surface area contributed by atoms with Crippen molar-refractivity contribution in [3.05, 3.63) is 52.0 Å². The third-order valence-corrected chi connectivity index (χ3v) is 3.58. The first-order chi connectivity index (χ1) is 10.2. The number of methoxy groups -OCH3 is 1. The zero-order chi connectivity index (χ0) is 15.2.